The quantitative estimate of drug-likeness (QED) is 0.549. The number of halogens is 2. The smallest absolute Gasteiger partial charge is 0.260 e. The van der Waals surface area contributed by atoms with Crippen LogP contribution in [0.2, 0.25) is 5.02 Å². The summed E-state index contributed by atoms with van der Waals surface area (Å²) in [5.74, 6) is -0.560. The molecule has 0 aliphatic heterocycles. The van der Waals surface area contributed by atoms with Gasteiger partial charge in [-0.15, -0.1) is 0 Å². The minimum Gasteiger partial charge on any atom is -0.271 e. The molecule has 0 radical (unpaired) electrons. The molecule has 0 aromatic heterocycles. The molecule has 1 N–H and O–H groups in total. The molecule has 0 bridgehead atoms. The van der Waals surface area contributed by atoms with Gasteiger partial charge >= 0.3 is 0 Å². The van der Waals surface area contributed by atoms with Gasteiger partial charge in [0.2, 0.25) is 10.0 Å². The molecule has 2 aromatic rings. The zero-order valence-corrected chi connectivity index (χ0v) is 16.3. The average Bonchev–Trinajstić information content (AvgIpc) is 2.53. The van der Waals surface area contributed by atoms with Crippen molar-refractivity contribution in [3.05, 3.63) is 63.6 Å². The van der Waals surface area contributed by atoms with Crippen LogP contribution in [0.5, 0.6) is 0 Å². The van der Waals surface area contributed by atoms with E-state index in [2.05, 4.69) is 26.5 Å². The number of sulfonamides is 1. The molecular formula is C16H15BrClN3O3S. The fourth-order valence-electron chi connectivity index (χ4n) is 1.92. The van der Waals surface area contributed by atoms with Crippen molar-refractivity contribution in [2.75, 3.05) is 17.1 Å². The van der Waals surface area contributed by atoms with Crippen LogP contribution in [0.4, 0.5) is 5.69 Å². The van der Waals surface area contributed by atoms with E-state index in [0.717, 1.165) is 16.1 Å². The van der Waals surface area contributed by atoms with Crippen LogP contribution in [0.1, 0.15) is 5.56 Å². The van der Waals surface area contributed by atoms with E-state index >= 15 is 0 Å². The molecule has 0 saturated heterocycles. The Hall–Kier alpha value is -1.90. The molecule has 0 aliphatic carbocycles. The highest BCUT2D eigenvalue weighted by Gasteiger charge is 2.20. The van der Waals surface area contributed by atoms with E-state index in [0.29, 0.717) is 15.2 Å². The number of benzene rings is 2. The lowest BCUT2D eigenvalue weighted by Gasteiger charge is -2.21. The summed E-state index contributed by atoms with van der Waals surface area (Å²) in [4.78, 5) is 12.0. The summed E-state index contributed by atoms with van der Waals surface area (Å²) in [6.45, 7) is -0.382. The minimum absolute atomic E-state index is 0.382. The van der Waals surface area contributed by atoms with Gasteiger partial charge in [0.1, 0.15) is 6.54 Å². The topological polar surface area (TPSA) is 78.8 Å². The average molecular weight is 445 g/mol. The van der Waals surface area contributed by atoms with Crippen LogP contribution in [0.3, 0.4) is 0 Å². The second-order valence-electron chi connectivity index (χ2n) is 5.09. The van der Waals surface area contributed by atoms with Gasteiger partial charge in [-0.05, 0) is 35.9 Å². The number of amides is 1. The zero-order valence-electron chi connectivity index (χ0n) is 13.2. The van der Waals surface area contributed by atoms with E-state index in [1.165, 1.54) is 6.21 Å². The van der Waals surface area contributed by atoms with Gasteiger partial charge in [-0.2, -0.15) is 5.10 Å². The summed E-state index contributed by atoms with van der Waals surface area (Å²) in [7, 11) is -3.63. The maximum Gasteiger partial charge on any atom is 0.260 e. The first-order valence-corrected chi connectivity index (χ1v) is 10.1. The van der Waals surface area contributed by atoms with Crippen LogP contribution in [0.15, 0.2) is 58.1 Å². The molecule has 0 saturated carbocycles. The fourth-order valence-corrected chi connectivity index (χ4v) is 3.29. The van der Waals surface area contributed by atoms with Gasteiger partial charge in [0.05, 0.1) is 18.2 Å². The van der Waals surface area contributed by atoms with Crippen molar-refractivity contribution in [3.8, 4) is 0 Å². The SMILES string of the molecule is CS(=O)(=O)N(CC(=O)N/N=C\c1ccc(Cl)cc1)c1cccc(Br)c1. The fraction of sp³-hybridized carbons (Fsp3) is 0.125. The molecule has 0 heterocycles. The molecule has 2 rings (SSSR count). The van der Waals surface area contributed by atoms with Gasteiger partial charge < -0.3 is 0 Å². The summed E-state index contributed by atoms with van der Waals surface area (Å²) in [6.07, 6.45) is 2.48. The molecule has 0 aliphatic rings. The third-order valence-corrected chi connectivity index (χ3v) is 4.94. The third-order valence-electron chi connectivity index (χ3n) is 3.06. The zero-order chi connectivity index (χ0) is 18.4. The second kappa shape index (κ2) is 8.46. The van der Waals surface area contributed by atoms with Crippen molar-refractivity contribution >= 4 is 55.4 Å². The predicted molar refractivity (Wildman–Crippen MR) is 104 cm³/mol. The number of carbonyl (C=O) groups is 1. The molecule has 0 spiro atoms. The van der Waals surface area contributed by atoms with Gasteiger partial charge in [-0.3, -0.25) is 9.10 Å². The Balaban J connectivity index is 2.06. The van der Waals surface area contributed by atoms with Gasteiger partial charge in [-0.1, -0.05) is 45.7 Å². The van der Waals surface area contributed by atoms with Crippen molar-refractivity contribution < 1.29 is 13.2 Å². The molecular weight excluding hydrogens is 430 g/mol. The number of nitrogens with zero attached hydrogens (tertiary/aromatic N) is 2. The van der Waals surface area contributed by atoms with Crippen LogP contribution >= 0.6 is 27.5 Å². The van der Waals surface area contributed by atoms with Crippen molar-refractivity contribution in [2.45, 2.75) is 0 Å². The number of hydrazone groups is 1. The molecule has 132 valence electrons. The number of hydrogen-bond acceptors (Lipinski definition) is 4. The van der Waals surface area contributed by atoms with E-state index in [-0.39, 0.29) is 6.54 Å². The van der Waals surface area contributed by atoms with E-state index in [9.17, 15) is 13.2 Å². The Bertz CT molecular complexity index is 886. The van der Waals surface area contributed by atoms with E-state index < -0.39 is 15.9 Å². The molecule has 1 amide bonds. The monoisotopic (exact) mass is 443 g/mol. The molecule has 2 aromatic carbocycles. The minimum atomic E-state index is -3.63. The highest BCUT2D eigenvalue weighted by atomic mass is 79.9. The van der Waals surface area contributed by atoms with Crippen molar-refractivity contribution in [2.24, 2.45) is 5.10 Å². The molecule has 6 nitrogen and oxygen atoms in total. The summed E-state index contributed by atoms with van der Waals surface area (Å²) >= 11 is 9.07. The summed E-state index contributed by atoms with van der Waals surface area (Å²) in [5, 5.41) is 4.42. The van der Waals surface area contributed by atoms with Crippen molar-refractivity contribution in [1.82, 2.24) is 5.43 Å². The Morgan fingerprint density at radius 3 is 2.56 bits per heavy atom. The molecule has 9 heteroatoms. The molecule has 0 fully saturated rings. The lowest BCUT2D eigenvalue weighted by Crippen LogP contribution is -2.39. The highest BCUT2D eigenvalue weighted by Crippen LogP contribution is 2.21. The summed E-state index contributed by atoms with van der Waals surface area (Å²) in [5.41, 5.74) is 3.44. The first-order chi connectivity index (χ1) is 11.8. The van der Waals surface area contributed by atoms with E-state index in [1.807, 2.05) is 0 Å². The molecule has 0 unspecified atom stereocenters. The first kappa shape index (κ1) is 19.4. The Kier molecular flexibility index (Phi) is 6.57. The molecule has 25 heavy (non-hydrogen) atoms. The van der Waals surface area contributed by atoms with Crippen molar-refractivity contribution in [1.29, 1.82) is 0 Å². The standard InChI is InChI=1S/C16H15BrClN3O3S/c1-25(23,24)21(15-4-2-3-13(17)9-15)11-16(22)20-19-10-12-5-7-14(18)8-6-12/h2-10H,11H2,1H3,(H,20,22)/b19-10-. The van der Waals surface area contributed by atoms with Crippen molar-refractivity contribution in [3.63, 3.8) is 0 Å². The lowest BCUT2D eigenvalue weighted by atomic mass is 10.2. The second-order valence-corrected chi connectivity index (χ2v) is 8.35. The number of hydrogen-bond donors (Lipinski definition) is 1. The van der Waals surface area contributed by atoms with Crippen LogP contribution in [0, 0.1) is 0 Å². The highest BCUT2D eigenvalue weighted by molar-refractivity contribution is 9.10. The Labute approximate surface area is 159 Å². The lowest BCUT2D eigenvalue weighted by molar-refractivity contribution is -0.119. The number of carbonyl (C=O) groups excluding carboxylic acids is 1. The van der Waals surface area contributed by atoms with E-state index in [4.69, 9.17) is 11.6 Å². The third kappa shape index (κ3) is 6.15. The number of nitrogens with one attached hydrogen (secondary N) is 1. The number of rotatable bonds is 6. The van der Waals surface area contributed by atoms with Gasteiger partial charge in [0.25, 0.3) is 5.91 Å². The number of anilines is 1. The first-order valence-electron chi connectivity index (χ1n) is 7.06. The van der Waals surface area contributed by atoms with Crippen LogP contribution in [-0.2, 0) is 14.8 Å². The van der Waals surface area contributed by atoms with Gasteiger partial charge in [0, 0.05) is 9.50 Å². The maximum atomic E-state index is 12.0. The largest absolute Gasteiger partial charge is 0.271 e. The Morgan fingerprint density at radius 1 is 1.28 bits per heavy atom. The van der Waals surface area contributed by atoms with Gasteiger partial charge in [-0.25, -0.2) is 13.8 Å². The summed E-state index contributed by atoms with van der Waals surface area (Å²) < 4.78 is 25.7. The van der Waals surface area contributed by atoms with Crippen LogP contribution in [0.25, 0.3) is 0 Å². The normalized spacial score (nSPS) is 11.5. The predicted octanol–water partition coefficient (Wildman–Crippen LogP) is 3.02. The summed E-state index contributed by atoms with van der Waals surface area (Å²) in [6, 6.07) is 13.5. The van der Waals surface area contributed by atoms with Crippen LogP contribution in [-0.4, -0.2) is 33.3 Å². The van der Waals surface area contributed by atoms with E-state index in [1.54, 1.807) is 48.5 Å². The molecule has 0 atom stereocenters. The maximum absolute atomic E-state index is 12.0. The Morgan fingerprint density at radius 2 is 1.96 bits per heavy atom. The van der Waals surface area contributed by atoms with Gasteiger partial charge in [0.15, 0.2) is 0 Å². The van der Waals surface area contributed by atoms with Crippen LogP contribution < -0.4 is 9.73 Å².